The molecule has 0 aromatic heterocycles. The van der Waals surface area contributed by atoms with E-state index in [4.69, 9.17) is 4.74 Å². The lowest BCUT2D eigenvalue weighted by molar-refractivity contribution is -0.143. The Morgan fingerprint density at radius 2 is 0.568 bits per heavy atom. The van der Waals surface area contributed by atoms with E-state index in [1.54, 1.807) is 0 Å². The Morgan fingerprint density at radius 3 is 0.898 bits per heavy atom. The number of allylic oxidation sites excluding steroid dienone is 6. The van der Waals surface area contributed by atoms with Gasteiger partial charge in [0.05, 0.1) is 25.4 Å². The molecule has 0 heterocycles. The molecule has 6 nitrogen and oxygen atoms in total. The van der Waals surface area contributed by atoms with Crippen LogP contribution in [0.3, 0.4) is 0 Å². The lowest BCUT2D eigenvalue weighted by Gasteiger charge is -2.22. The highest BCUT2D eigenvalue weighted by atomic mass is 16.5. The fourth-order valence-corrected chi connectivity index (χ4v) is 12.8. The Bertz CT molecular complexity index is 1430. The fourth-order valence-electron chi connectivity index (χ4n) is 12.8. The van der Waals surface area contributed by atoms with Gasteiger partial charge in [-0.15, -0.1) is 0 Å². The maximum atomic E-state index is 12.6. The third-order valence-electron chi connectivity index (χ3n) is 18.9. The summed E-state index contributed by atoms with van der Waals surface area (Å²) in [4.78, 5) is 24.7. The number of carbonyl (C=O) groups excluding carboxylic acids is 2. The predicted octanol–water partition coefficient (Wildman–Crippen LogP) is 26.6. The Morgan fingerprint density at radius 1 is 0.318 bits per heavy atom. The van der Waals surface area contributed by atoms with E-state index < -0.39 is 12.1 Å². The Labute approximate surface area is 551 Å². The zero-order valence-corrected chi connectivity index (χ0v) is 59.7. The van der Waals surface area contributed by atoms with Gasteiger partial charge < -0.3 is 20.3 Å². The van der Waals surface area contributed by atoms with Crippen LogP contribution in [0.15, 0.2) is 36.5 Å². The number of amides is 1. The Kier molecular flexibility index (Phi) is 75.8. The Balaban J connectivity index is 3.36. The van der Waals surface area contributed by atoms with Gasteiger partial charge in [0.25, 0.3) is 0 Å². The molecule has 2 atom stereocenters. The molecular weight excluding hydrogens is 1080 g/mol. The molecule has 0 aromatic rings. The van der Waals surface area contributed by atoms with Gasteiger partial charge in [0.2, 0.25) is 5.91 Å². The second kappa shape index (κ2) is 77.5. The number of rotatable bonds is 76. The van der Waals surface area contributed by atoms with Gasteiger partial charge in [-0.2, -0.15) is 0 Å². The van der Waals surface area contributed by atoms with E-state index in [1.807, 2.05) is 0 Å². The maximum absolute atomic E-state index is 12.6. The van der Waals surface area contributed by atoms with Gasteiger partial charge in [-0.25, -0.2) is 0 Å². The van der Waals surface area contributed by atoms with E-state index in [1.165, 1.54) is 366 Å². The van der Waals surface area contributed by atoms with E-state index in [0.29, 0.717) is 25.9 Å². The first-order valence-corrected chi connectivity index (χ1v) is 40.2. The van der Waals surface area contributed by atoms with Gasteiger partial charge in [-0.3, -0.25) is 9.59 Å². The van der Waals surface area contributed by atoms with Gasteiger partial charge in [0.15, 0.2) is 0 Å². The number of unbranched alkanes of at least 4 members (excludes halogenated alkanes) is 59. The van der Waals surface area contributed by atoms with Gasteiger partial charge in [0, 0.05) is 12.8 Å². The van der Waals surface area contributed by atoms with Crippen LogP contribution < -0.4 is 5.32 Å². The quantitative estimate of drug-likeness (QED) is 0.0320. The van der Waals surface area contributed by atoms with Crippen molar-refractivity contribution in [2.75, 3.05) is 13.2 Å². The highest BCUT2D eigenvalue weighted by Crippen LogP contribution is 2.20. The summed E-state index contributed by atoms with van der Waals surface area (Å²) < 4.78 is 5.50. The van der Waals surface area contributed by atoms with Crippen molar-refractivity contribution < 1.29 is 24.5 Å². The minimum absolute atomic E-state index is 0.0107. The van der Waals surface area contributed by atoms with Crippen molar-refractivity contribution in [3.05, 3.63) is 36.5 Å². The van der Waals surface area contributed by atoms with E-state index in [-0.39, 0.29) is 18.5 Å². The smallest absolute Gasteiger partial charge is 0.305 e. The molecule has 0 bridgehead atoms. The number of aliphatic hydroxyl groups is 2. The molecule has 0 aromatic carbocycles. The molecule has 6 heteroatoms. The van der Waals surface area contributed by atoms with Crippen molar-refractivity contribution in [2.24, 2.45) is 0 Å². The molecule has 0 spiro atoms. The molecule has 520 valence electrons. The number of carbonyl (C=O) groups is 2. The topological polar surface area (TPSA) is 95.9 Å². The van der Waals surface area contributed by atoms with Crippen LogP contribution in [0.5, 0.6) is 0 Å². The van der Waals surface area contributed by atoms with Crippen LogP contribution in [0.2, 0.25) is 0 Å². The SMILES string of the molecule is CCCCC/C=C\C/C=C\CCCCCCCCCC(=O)OCCCCCCCCCCCCCC/C=C\CCCCCCCCCCCCCCCCCC(=O)NC(CO)C(O)CCCCCCCCCCCCCCCCCCCCCCCCC. The van der Waals surface area contributed by atoms with Gasteiger partial charge >= 0.3 is 5.97 Å². The second-order valence-electron chi connectivity index (χ2n) is 27.7. The number of nitrogens with one attached hydrogen (secondary N) is 1. The summed E-state index contributed by atoms with van der Waals surface area (Å²) in [5, 5.41) is 23.5. The minimum Gasteiger partial charge on any atom is -0.466 e. The molecule has 0 radical (unpaired) electrons. The minimum atomic E-state index is -0.665. The lowest BCUT2D eigenvalue weighted by atomic mass is 10.0. The molecule has 0 aliphatic heterocycles. The van der Waals surface area contributed by atoms with E-state index in [0.717, 1.165) is 51.4 Å². The number of ether oxygens (including phenoxy) is 1. The molecular formula is C82H157NO5. The molecule has 88 heavy (non-hydrogen) atoms. The van der Waals surface area contributed by atoms with Crippen LogP contribution in [0.4, 0.5) is 0 Å². The first-order valence-electron chi connectivity index (χ1n) is 40.2. The van der Waals surface area contributed by atoms with Crippen molar-refractivity contribution in [1.82, 2.24) is 5.32 Å². The highest BCUT2D eigenvalue weighted by molar-refractivity contribution is 5.76. The van der Waals surface area contributed by atoms with Crippen molar-refractivity contribution in [3.63, 3.8) is 0 Å². The van der Waals surface area contributed by atoms with Crippen LogP contribution in [0.1, 0.15) is 450 Å². The highest BCUT2D eigenvalue weighted by Gasteiger charge is 2.20. The van der Waals surface area contributed by atoms with Crippen LogP contribution >= 0.6 is 0 Å². The fraction of sp³-hybridized carbons (Fsp3) is 0.902. The van der Waals surface area contributed by atoms with Crippen LogP contribution in [0.25, 0.3) is 0 Å². The second-order valence-corrected chi connectivity index (χ2v) is 27.7. The average Bonchev–Trinajstić information content (AvgIpc) is 3.58. The number of hydrogen-bond acceptors (Lipinski definition) is 5. The van der Waals surface area contributed by atoms with Crippen LogP contribution in [0, 0.1) is 0 Å². The zero-order chi connectivity index (χ0) is 63.5. The third-order valence-corrected chi connectivity index (χ3v) is 18.9. The molecule has 0 saturated heterocycles. The molecule has 0 rings (SSSR count). The third kappa shape index (κ3) is 73.1. The summed E-state index contributed by atoms with van der Waals surface area (Å²) in [7, 11) is 0. The summed E-state index contributed by atoms with van der Waals surface area (Å²) in [6.07, 6.45) is 101. The standard InChI is InChI=1S/C82H157NO5/c1-3-5-7-9-11-13-15-17-19-21-22-23-33-36-39-43-46-50-54-58-62-66-70-74-80(85)79(78-84)83-81(86)75-71-67-63-59-55-51-47-44-40-37-34-31-29-27-25-24-26-28-30-32-35-38-41-45-49-53-57-61-65-69-73-77-88-82(87)76-72-68-64-60-56-52-48-42-20-18-16-14-12-10-8-6-4-2/h12,14,18,20,26,28,79-80,84-85H,3-11,13,15-17,19,21-25,27,29-78H2,1-2H3,(H,83,86)/b14-12-,20-18-,28-26-. The number of esters is 1. The predicted molar refractivity (Wildman–Crippen MR) is 389 cm³/mol. The first-order chi connectivity index (χ1) is 43.5. The van der Waals surface area contributed by atoms with E-state index in [2.05, 4.69) is 55.6 Å². The summed E-state index contributed by atoms with van der Waals surface area (Å²) >= 11 is 0. The monoisotopic (exact) mass is 1240 g/mol. The van der Waals surface area contributed by atoms with Crippen molar-refractivity contribution >= 4 is 11.9 Å². The molecule has 3 N–H and O–H groups in total. The van der Waals surface area contributed by atoms with Crippen LogP contribution in [-0.4, -0.2) is 47.4 Å². The average molecular weight is 1240 g/mol. The Hall–Kier alpha value is -1.92. The largest absolute Gasteiger partial charge is 0.466 e. The maximum Gasteiger partial charge on any atom is 0.305 e. The van der Waals surface area contributed by atoms with Gasteiger partial charge in [-0.1, -0.05) is 391 Å². The van der Waals surface area contributed by atoms with Gasteiger partial charge in [0.1, 0.15) is 0 Å². The molecule has 0 aliphatic rings. The van der Waals surface area contributed by atoms with Gasteiger partial charge in [-0.05, 0) is 83.5 Å². The first kappa shape index (κ1) is 86.1. The number of aliphatic hydroxyl groups excluding tert-OH is 2. The molecule has 0 fully saturated rings. The molecule has 1 amide bonds. The van der Waals surface area contributed by atoms with Crippen LogP contribution in [-0.2, 0) is 14.3 Å². The zero-order valence-electron chi connectivity index (χ0n) is 59.7. The van der Waals surface area contributed by atoms with Crippen molar-refractivity contribution in [1.29, 1.82) is 0 Å². The molecule has 0 aliphatic carbocycles. The molecule has 0 saturated carbocycles. The van der Waals surface area contributed by atoms with E-state index >= 15 is 0 Å². The summed E-state index contributed by atoms with van der Waals surface area (Å²) in [5.74, 6) is -0.0168. The summed E-state index contributed by atoms with van der Waals surface area (Å²) in [6.45, 7) is 4.97. The normalized spacial score (nSPS) is 12.6. The number of hydrogen-bond donors (Lipinski definition) is 3. The van der Waals surface area contributed by atoms with Crippen molar-refractivity contribution in [3.8, 4) is 0 Å². The van der Waals surface area contributed by atoms with Crippen molar-refractivity contribution in [2.45, 2.75) is 463 Å². The summed E-state index contributed by atoms with van der Waals surface area (Å²) in [6, 6.07) is -0.542. The van der Waals surface area contributed by atoms with E-state index in [9.17, 15) is 19.8 Å². The lowest BCUT2D eigenvalue weighted by Crippen LogP contribution is -2.45. The molecule has 2 unspecified atom stereocenters. The summed E-state index contributed by atoms with van der Waals surface area (Å²) in [5.41, 5.74) is 0.